The summed E-state index contributed by atoms with van der Waals surface area (Å²) in [6.45, 7) is 5.78. The molecule has 0 bridgehead atoms. The molecular formula is C13H18O3S. The number of ether oxygens (including phenoxy) is 2. The van der Waals surface area contributed by atoms with E-state index < -0.39 is 0 Å². The molecule has 1 aromatic heterocycles. The Bertz CT molecular complexity index is 376. The average Bonchev–Trinajstić information content (AvgIpc) is 2.79. The molecule has 1 aromatic rings. The zero-order valence-electron chi connectivity index (χ0n) is 10.2. The average molecular weight is 254 g/mol. The Balaban J connectivity index is 2.34. The molecule has 17 heavy (non-hydrogen) atoms. The van der Waals surface area contributed by atoms with Crippen LogP contribution in [-0.4, -0.2) is 31.0 Å². The second-order valence-corrected chi connectivity index (χ2v) is 4.54. The summed E-state index contributed by atoms with van der Waals surface area (Å²) in [7, 11) is 0. The van der Waals surface area contributed by atoms with Crippen LogP contribution in [0.15, 0.2) is 11.4 Å². The van der Waals surface area contributed by atoms with E-state index >= 15 is 0 Å². The van der Waals surface area contributed by atoms with Gasteiger partial charge in [0.05, 0.1) is 19.3 Å². The summed E-state index contributed by atoms with van der Waals surface area (Å²) in [5, 5.41) is 10.6. The highest BCUT2D eigenvalue weighted by atomic mass is 32.1. The van der Waals surface area contributed by atoms with E-state index in [9.17, 15) is 0 Å². The van der Waals surface area contributed by atoms with Crippen LogP contribution in [0.25, 0.3) is 0 Å². The lowest BCUT2D eigenvalue weighted by atomic mass is 10.3. The third-order valence-corrected chi connectivity index (χ3v) is 2.94. The smallest absolute Gasteiger partial charge is 0.104 e. The van der Waals surface area contributed by atoms with Gasteiger partial charge in [-0.15, -0.1) is 11.3 Å². The Morgan fingerprint density at radius 1 is 1.53 bits per heavy atom. The maximum Gasteiger partial charge on any atom is 0.104 e. The van der Waals surface area contributed by atoms with Crippen LogP contribution in [0.5, 0.6) is 0 Å². The van der Waals surface area contributed by atoms with Crippen LogP contribution < -0.4 is 0 Å². The van der Waals surface area contributed by atoms with Crippen molar-refractivity contribution in [2.45, 2.75) is 26.6 Å². The van der Waals surface area contributed by atoms with Crippen LogP contribution in [0.1, 0.15) is 24.3 Å². The van der Waals surface area contributed by atoms with Gasteiger partial charge in [-0.1, -0.05) is 11.8 Å². The van der Waals surface area contributed by atoms with Gasteiger partial charge in [-0.3, -0.25) is 0 Å². The van der Waals surface area contributed by atoms with Crippen LogP contribution >= 0.6 is 11.3 Å². The van der Waals surface area contributed by atoms with Gasteiger partial charge < -0.3 is 14.6 Å². The molecule has 1 heterocycles. The zero-order valence-corrected chi connectivity index (χ0v) is 11.0. The molecule has 4 heteroatoms. The van der Waals surface area contributed by atoms with Crippen molar-refractivity contribution >= 4 is 11.3 Å². The van der Waals surface area contributed by atoms with Crippen molar-refractivity contribution in [3.63, 3.8) is 0 Å². The normalized spacial score (nSPS) is 11.9. The van der Waals surface area contributed by atoms with Crippen molar-refractivity contribution in [1.82, 2.24) is 0 Å². The lowest BCUT2D eigenvalue weighted by Crippen LogP contribution is -2.15. The predicted octanol–water partition coefficient (Wildman–Crippen LogP) is 2.03. The topological polar surface area (TPSA) is 38.7 Å². The molecule has 0 saturated carbocycles. The highest BCUT2D eigenvalue weighted by Gasteiger charge is 2.04. The summed E-state index contributed by atoms with van der Waals surface area (Å²) >= 11 is 1.62. The summed E-state index contributed by atoms with van der Waals surface area (Å²) in [6, 6.07) is 1.99. The quantitative estimate of drug-likeness (QED) is 0.790. The molecule has 94 valence electrons. The Morgan fingerprint density at radius 3 is 3.06 bits per heavy atom. The van der Waals surface area contributed by atoms with Gasteiger partial charge in [0.15, 0.2) is 0 Å². The van der Waals surface area contributed by atoms with E-state index in [1.165, 1.54) is 0 Å². The lowest BCUT2D eigenvalue weighted by Gasteiger charge is -2.11. The Morgan fingerprint density at radius 2 is 2.35 bits per heavy atom. The first-order valence-corrected chi connectivity index (χ1v) is 6.50. The molecule has 1 rings (SSSR count). The van der Waals surface area contributed by atoms with Gasteiger partial charge >= 0.3 is 0 Å². The zero-order chi connectivity index (χ0) is 12.5. The number of hydrogen-bond donors (Lipinski definition) is 1. The molecule has 0 fully saturated rings. The molecule has 1 N–H and O–H groups in total. The first-order valence-electron chi connectivity index (χ1n) is 5.62. The Kier molecular flexibility index (Phi) is 6.90. The van der Waals surface area contributed by atoms with Gasteiger partial charge in [0.25, 0.3) is 0 Å². The number of rotatable bonds is 6. The standard InChI is InChI=1S/C13H18O3S/c1-3-15-8-11(2)16-9-13-7-12(10-17-13)5-4-6-14/h7,10-11,14H,3,6,8-9H2,1-2H3. The monoisotopic (exact) mass is 254 g/mol. The van der Waals surface area contributed by atoms with E-state index in [4.69, 9.17) is 14.6 Å². The molecule has 0 aromatic carbocycles. The molecule has 0 aliphatic heterocycles. The maximum atomic E-state index is 8.58. The molecule has 0 spiro atoms. The lowest BCUT2D eigenvalue weighted by molar-refractivity contribution is -0.0107. The Labute approximate surface area is 106 Å². The molecule has 0 radical (unpaired) electrons. The molecule has 3 nitrogen and oxygen atoms in total. The van der Waals surface area contributed by atoms with Crippen LogP contribution in [0.4, 0.5) is 0 Å². The largest absolute Gasteiger partial charge is 0.384 e. The van der Waals surface area contributed by atoms with E-state index in [1.54, 1.807) is 11.3 Å². The van der Waals surface area contributed by atoms with Crippen molar-refractivity contribution in [2.24, 2.45) is 0 Å². The van der Waals surface area contributed by atoms with E-state index in [1.807, 2.05) is 25.3 Å². The first-order chi connectivity index (χ1) is 8.26. The van der Waals surface area contributed by atoms with Crippen molar-refractivity contribution in [2.75, 3.05) is 19.8 Å². The van der Waals surface area contributed by atoms with E-state index in [-0.39, 0.29) is 12.7 Å². The number of aliphatic hydroxyl groups is 1. The Hall–Kier alpha value is -0.860. The minimum atomic E-state index is -0.104. The molecule has 0 aliphatic carbocycles. The van der Waals surface area contributed by atoms with Gasteiger partial charge in [0.1, 0.15) is 6.61 Å². The van der Waals surface area contributed by atoms with E-state index in [0.717, 1.165) is 10.4 Å². The second kappa shape index (κ2) is 8.26. The van der Waals surface area contributed by atoms with Crippen LogP contribution in [-0.2, 0) is 16.1 Å². The summed E-state index contributed by atoms with van der Waals surface area (Å²) < 4.78 is 10.9. The number of thiophene rings is 1. The fourth-order valence-corrected chi connectivity index (χ4v) is 1.96. The molecule has 0 saturated heterocycles. The van der Waals surface area contributed by atoms with Crippen LogP contribution in [0, 0.1) is 11.8 Å². The van der Waals surface area contributed by atoms with Crippen LogP contribution in [0.3, 0.4) is 0 Å². The van der Waals surface area contributed by atoms with Crippen molar-refractivity contribution < 1.29 is 14.6 Å². The SMILES string of the molecule is CCOCC(C)OCc1cc(C#CCO)cs1. The minimum Gasteiger partial charge on any atom is -0.384 e. The number of aliphatic hydroxyl groups excluding tert-OH is 1. The fraction of sp³-hybridized carbons (Fsp3) is 0.538. The maximum absolute atomic E-state index is 8.58. The van der Waals surface area contributed by atoms with Crippen molar-refractivity contribution in [3.05, 3.63) is 21.9 Å². The van der Waals surface area contributed by atoms with Gasteiger partial charge in [0.2, 0.25) is 0 Å². The fourth-order valence-electron chi connectivity index (χ4n) is 1.22. The molecule has 0 aliphatic rings. The third kappa shape index (κ3) is 5.85. The summed E-state index contributed by atoms with van der Waals surface area (Å²) in [4.78, 5) is 1.13. The van der Waals surface area contributed by atoms with Gasteiger partial charge in [-0.25, -0.2) is 0 Å². The van der Waals surface area contributed by atoms with Gasteiger partial charge in [-0.05, 0) is 19.9 Å². The summed E-state index contributed by atoms with van der Waals surface area (Å²) in [5.41, 5.74) is 0.931. The van der Waals surface area contributed by atoms with E-state index in [0.29, 0.717) is 19.8 Å². The first kappa shape index (κ1) is 14.2. The highest BCUT2D eigenvalue weighted by molar-refractivity contribution is 7.10. The summed E-state index contributed by atoms with van der Waals surface area (Å²) in [6.07, 6.45) is 0.101. The van der Waals surface area contributed by atoms with Crippen LogP contribution in [0.2, 0.25) is 0 Å². The highest BCUT2D eigenvalue weighted by Crippen LogP contribution is 2.15. The van der Waals surface area contributed by atoms with Crippen molar-refractivity contribution in [1.29, 1.82) is 0 Å². The van der Waals surface area contributed by atoms with Gasteiger partial charge in [-0.2, -0.15) is 0 Å². The minimum absolute atomic E-state index is 0.101. The number of hydrogen-bond acceptors (Lipinski definition) is 4. The van der Waals surface area contributed by atoms with Crippen molar-refractivity contribution in [3.8, 4) is 11.8 Å². The second-order valence-electron chi connectivity index (χ2n) is 3.54. The van der Waals surface area contributed by atoms with Gasteiger partial charge in [0, 0.05) is 22.4 Å². The molecular weight excluding hydrogens is 236 g/mol. The third-order valence-electron chi connectivity index (χ3n) is 2.03. The molecule has 1 unspecified atom stereocenters. The summed E-state index contributed by atoms with van der Waals surface area (Å²) in [5.74, 6) is 5.49. The predicted molar refractivity (Wildman–Crippen MR) is 69.0 cm³/mol. The molecule has 0 amide bonds. The van der Waals surface area contributed by atoms with E-state index in [2.05, 4.69) is 11.8 Å². The molecule has 1 atom stereocenters.